The topological polar surface area (TPSA) is 103 Å². The second-order valence-corrected chi connectivity index (χ2v) is 11.7. The van der Waals surface area contributed by atoms with Gasteiger partial charge in [0, 0.05) is 78.8 Å². The Hall–Kier alpha value is -4.05. The molecule has 0 saturated carbocycles. The lowest BCUT2D eigenvalue weighted by molar-refractivity contribution is -0.132. The van der Waals surface area contributed by atoms with Crippen LogP contribution in [-0.4, -0.2) is 70.2 Å². The number of nitrogens with zero attached hydrogens (tertiary/aromatic N) is 3. The summed E-state index contributed by atoms with van der Waals surface area (Å²) in [5.74, 6) is -2.16. The van der Waals surface area contributed by atoms with Crippen molar-refractivity contribution in [3.63, 3.8) is 0 Å². The summed E-state index contributed by atoms with van der Waals surface area (Å²) < 4.78 is 13.9. The Morgan fingerprint density at radius 1 is 1.07 bits per heavy atom. The van der Waals surface area contributed by atoms with Crippen LogP contribution in [0.5, 0.6) is 5.75 Å². The fourth-order valence-corrected chi connectivity index (χ4v) is 6.17. The number of fused-ring (bicyclic) bond motifs is 1. The molecule has 0 aliphatic carbocycles. The molecule has 44 heavy (non-hydrogen) atoms. The van der Waals surface area contributed by atoms with Crippen molar-refractivity contribution in [1.29, 1.82) is 0 Å². The lowest BCUT2D eigenvalue weighted by Crippen LogP contribution is -2.57. The van der Waals surface area contributed by atoms with Crippen LogP contribution in [0.1, 0.15) is 27.9 Å². The molecule has 228 valence electrons. The maximum atomic E-state index is 14.1. The number of benzene rings is 3. The molecule has 1 aliphatic rings. The van der Waals surface area contributed by atoms with Crippen LogP contribution in [0.25, 0.3) is 10.8 Å². The summed E-state index contributed by atoms with van der Waals surface area (Å²) >= 11 is 12.6. The Labute approximate surface area is 264 Å². The molecule has 1 unspecified atom stereocenters. The second-order valence-electron chi connectivity index (χ2n) is 10.9. The number of aromatic hydroxyl groups is 1. The summed E-state index contributed by atoms with van der Waals surface area (Å²) in [4.78, 5) is 48.5. The standard InChI is InChI=1S/C33H31Cl2FN4O4/c1-37-32(43)23(12-20-4-2-6-25(36)13-20)14-30(42)28-19-40(11-10-39(28)18-22-8-9-24(34)15-27(22)35)33(44)26-17-38-16-21-5-3-7-29(41)31(21)26/h2-9,13,15-17,23,28,41H,10-12,14,18-19H2,1H3,(H,37,43)/t23-,28?/m0/s1. The molecule has 2 heterocycles. The van der Waals surface area contributed by atoms with E-state index >= 15 is 0 Å². The normalized spacial score (nSPS) is 16.1. The number of phenolic OH excluding ortho intramolecular Hbond substituents is 1. The van der Waals surface area contributed by atoms with E-state index in [9.17, 15) is 23.9 Å². The predicted octanol–water partition coefficient (Wildman–Crippen LogP) is 5.28. The number of halogens is 3. The molecule has 4 aromatic rings. The number of aromatic nitrogens is 1. The third-order valence-corrected chi connectivity index (χ3v) is 8.55. The number of amides is 2. The number of piperazine rings is 1. The van der Waals surface area contributed by atoms with Crippen molar-refractivity contribution in [3.8, 4) is 5.75 Å². The number of phenols is 1. The smallest absolute Gasteiger partial charge is 0.256 e. The van der Waals surface area contributed by atoms with Gasteiger partial charge in [-0.15, -0.1) is 0 Å². The number of carbonyl (C=O) groups excluding carboxylic acids is 3. The molecule has 2 amide bonds. The fourth-order valence-electron chi connectivity index (χ4n) is 5.71. The van der Waals surface area contributed by atoms with E-state index in [4.69, 9.17) is 23.2 Å². The quantitative estimate of drug-likeness (QED) is 0.259. The highest BCUT2D eigenvalue weighted by atomic mass is 35.5. The molecular formula is C33H31Cl2FN4O4. The summed E-state index contributed by atoms with van der Waals surface area (Å²) in [6.45, 7) is 1.02. The van der Waals surface area contributed by atoms with Crippen LogP contribution in [-0.2, 0) is 22.6 Å². The van der Waals surface area contributed by atoms with Crippen LogP contribution in [0.15, 0.2) is 73.1 Å². The van der Waals surface area contributed by atoms with E-state index < -0.39 is 17.8 Å². The Morgan fingerprint density at radius 3 is 2.61 bits per heavy atom. The Morgan fingerprint density at radius 2 is 1.86 bits per heavy atom. The molecule has 0 bridgehead atoms. The molecule has 3 aromatic carbocycles. The largest absolute Gasteiger partial charge is 0.507 e. The number of hydrogen-bond donors (Lipinski definition) is 2. The summed E-state index contributed by atoms with van der Waals surface area (Å²) in [5.41, 5.74) is 1.59. The van der Waals surface area contributed by atoms with Gasteiger partial charge >= 0.3 is 0 Å². The fraction of sp³-hybridized carbons (Fsp3) is 0.273. The van der Waals surface area contributed by atoms with E-state index in [-0.39, 0.29) is 48.3 Å². The van der Waals surface area contributed by atoms with Crippen LogP contribution in [0, 0.1) is 11.7 Å². The summed E-state index contributed by atoms with van der Waals surface area (Å²) in [6, 6.07) is 15.3. The van der Waals surface area contributed by atoms with Gasteiger partial charge in [0.1, 0.15) is 11.6 Å². The molecule has 1 aromatic heterocycles. The highest BCUT2D eigenvalue weighted by molar-refractivity contribution is 6.35. The van der Waals surface area contributed by atoms with Crippen molar-refractivity contribution in [2.24, 2.45) is 5.92 Å². The SMILES string of the molecule is CNC(=O)[C@H](CC(=O)C1CN(C(=O)c2cncc3cccc(O)c23)CCN1Cc1ccc(Cl)cc1Cl)Cc1cccc(F)c1. The Kier molecular flexibility index (Phi) is 9.78. The molecule has 2 atom stereocenters. The van der Waals surface area contributed by atoms with E-state index in [1.165, 1.54) is 31.4 Å². The molecule has 2 N–H and O–H groups in total. The molecule has 0 radical (unpaired) electrons. The van der Waals surface area contributed by atoms with Crippen LogP contribution < -0.4 is 5.32 Å². The maximum Gasteiger partial charge on any atom is 0.256 e. The van der Waals surface area contributed by atoms with Gasteiger partial charge in [0.25, 0.3) is 5.91 Å². The number of nitrogens with one attached hydrogen (secondary N) is 1. The number of ketones is 1. The van der Waals surface area contributed by atoms with Gasteiger partial charge in [-0.05, 0) is 47.9 Å². The van der Waals surface area contributed by atoms with E-state index in [0.29, 0.717) is 46.0 Å². The summed E-state index contributed by atoms with van der Waals surface area (Å²) in [6.07, 6.45) is 3.04. The summed E-state index contributed by atoms with van der Waals surface area (Å²) in [7, 11) is 1.49. The molecule has 1 saturated heterocycles. The minimum absolute atomic E-state index is 0.0392. The molecule has 11 heteroatoms. The van der Waals surface area contributed by atoms with Crippen molar-refractivity contribution in [2.75, 3.05) is 26.7 Å². The highest BCUT2D eigenvalue weighted by Crippen LogP contribution is 2.30. The first-order valence-electron chi connectivity index (χ1n) is 14.2. The second kappa shape index (κ2) is 13.7. The van der Waals surface area contributed by atoms with Crippen LogP contribution in [0.3, 0.4) is 0 Å². The number of pyridine rings is 1. The first kappa shape index (κ1) is 31.4. The van der Waals surface area contributed by atoms with Crippen LogP contribution >= 0.6 is 23.2 Å². The van der Waals surface area contributed by atoms with Crippen LogP contribution in [0.4, 0.5) is 4.39 Å². The number of carbonyl (C=O) groups is 3. The van der Waals surface area contributed by atoms with Gasteiger partial charge in [0.15, 0.2) is 5.78 Å². The third-order valence-electron chi connectivity index (χ3n) is 7.97. The lowest BCUT2D eigenvalue weighted by Gasteiger charge is -2.41. The Bertz CT molecular complexity index is 1710. The molecule has 5 rings (SSSR count). The van der Waals surface area contributed by atoms with Gasteiger partial charge in [-0.1, -0.05) is 53.5 Å². The van der Waals surface area contributed by atoms with Gasteiger partial charge in [0.05, 0.1) is 11.6 Å². The van der Waals surface area contributed by atoms with Crippen molar-refractivity contribution in [2.45, 2.75) is 25.4 Å². The monoisotopic (exact) mass is 636 g/mol. The van der Waals surface area contributed by atoms with Gasteiger partial charge < -0.3 is 15.3 Å². The minimum Gasteiger partial charge on any atom is -0.507 e. The van der Waals surface area contributed by atoms with Crippen LogP contribution in [0.2, 0.25) is 10.0 Å². The van der Waals surface area contributed by atoms with E-state index in [1.54, 1.807) is 53.6 Å². The number of rotatable bonds is 9. The average molecular weight is 638 g/mol. The van der Waals surface area contributed by atoms with Crippen molar-refractivity contribution >= 4 is 51.6 Å². The Balaban J connectivity index is 1.44. The molecule has 0 spiro atoms. The highest BCUT2D eigenvalue weighted by Gasteiger charge is 2.37. The average Bonchev–Trinajstić information content (AvgIpc) is 3.01. The summed E-state index contributed by atoms with van der Waals surface area (Å²) in [5, 5.41) is 15.1. The van der Waals surface area contributed by atoms with Gasteiger partial charge in [0.2, 0.25) is 5.91 Å². The van der Waals surface area contributed by atoms with Crippen molar-refractivity contribution < 1.29 is 23.9 Å². The van der Waals surface area contributed by atoms with Crippen molar-refractivity contribution in [1.82, 2.24) is 20.1 Å². The van der Waals surface area contributed by atoms with E-state index in [1.807, 2.05) is 4.90 Å². The molecule has 1 aliphatic heterocycles. The zero-order chi connectivity index (χ0) is 31.4. The predicted molar refractivity (Wildman–Crippen MR) is 167 cm³/mol. The van der Waals surface area contributed by atoms with Gasteiger partial charge in [-0.25, -0.2) is 4.39 Å². The third kappa shape index (κ3) is 7.01. The lowest BCUT2D eigenvalue weighted by atomic mass is 9.90. The first-order valence-corrected chi connectivity index (χ1v) is 14.9. The minimum atomic E-state index is -0.768. The zero-order valence-corrected chi connectivity index (χ0v) is 25.5. The molecule has 8 nitrogen and oxygen atoms in total. The van der Waals surface area contributed by atoms with Gasteiger partial charge in [-0.2, -0.15) is 0 Å². The van der Waals surface area contributed by atoms with E-state index in [2.05, 4.69) is 10.3 Å². The van der Waals surface area contributed by atoms with Crippen molar-refractivity contribution in [3.05, 3.63) is 106 Å². The van der Waals surface area contributed by atoms with Gasteiger partial charge in [-0.3, -0.25) is 24.3 Å². The van der Waals surface area contributed by atoms with E-state index in [0.717, 1.165) is 5.56 Å². The zero-order valence-electron chi connectivity index (χ0n) is 24.0. The number of hydrogen-bond acceptors (Lipinski definition) is 6. The molecule has 1 fully saturated rings. The first-order chi connectivity index (χ1) is 21.1. The number of Topliss-reactive ketones (excluding diaryl/α,β-unsaturated/α-hetero) is 1. The molecular weight excluding hydrogens is 606 g/mol. The maximum absolute atomic E-state index is 14.1.